The molecule has 0 radical (unpaired) electrons. The molecule has 3 aromatic rings. The van der Waals surface area contributed by atoms with E-state index >= 15 is 0 Å². The highest BCUT2D eigenvalue weighted by Crippen LogP contribution is 2.25. The summed E-state index contributed by atoms with van der Waals surface area (Å²) in [5, 5.41) is 21.6. The van der Waals surface area contributed by atoms with Gasteiger partial charge in [-0.25, -0.2) is 18.4 Å². The van der Waals surface area contributed by atoms with Crippen molar-refractivity contribution in [2.24, 2.45) is 0 Å². The van der Waals surface area contributed by atoms with E-state index in [1.807, 2.05) is 36.4 Å². The van der Waals surface area contributed by atoms with Gasteiger partial charge in [-0.2, -0.15) is 5.26 Å². The summed E-state index contributed by atoms with van der Waals surface area (Å²) in [5.41, 5.74) is 1.45. The van der Waals surface area contributed by atoms with Gasteiger partial charge in [0.1, 0.15) is 11.6 Å². The van der Waals surface area contributed by atoms with Crippen molar-refractivity contribution >= 4 is 33.4 Å². The van der Waals surface area contributed by atoms with Crippen LogP contribution in [-0.2, 0) is 15.8 Å². The number of thioether (sulfide) groups is 1. The molecule has 0 aliphatic rings. The maximum absolute atomic E-state index is 12.8. The van der Waals surface area contributed by atoms with E-state index in [1.54, 1.807) is 6.92 Å². The second kappa shape index (κ2) is 10.3. The van der Waals surface area contributed by atoms with Crippen molar-refractivity contribution in [2.45, 2.75) is 28.8 Å². The molecule has 31 heavy (non-hydrogen) atoms. The van der Waals surface area contributed by atoms with Crippen LogP contribution in [0.15, 0.2) is 70.7 Å². The Morgan fingerprint density at radius 1 is 1.10 bits per heavy atom. The van der Waals surface area contributed by atoms with Crippen LogP contribution in [0.4, 0.5) is 11.6 Å². The van der Waals surface area contributed by atoms with E-state index < -0.39 is 10.0 Å². The van der Waals surface area contributed by atoms with Crippen molar-refractivity contribution in [2.75, 3.05) is 16.6 Å². The average Bonchev–Trinajstić information content (AvgIpc) is 2.78. The van der Waals surface area contributed by atoms with Crippen molar-refractivity contribution in [3.63, 3.8) is 0 Å². The first kappa shape index (κ1) is 22.6. The normalized spacial score (nSPS) is 12.0. The van der Waals surface area contributed by atoms with E-state index in [-0.39, 0.29) is 23.4 Å². The van der Waals surface area contributed by atoms with Gasteiger partial charge in [0.25, 0.3) is 10.0 Å². The molecular weight excluding hydrogens is 434 g/mol. The Kier molecular flexibility index (Phi) is 7.46. The number of benzene rings is 2. The fourth-order valence-corrected chi connectivity index (χ4v) is 4.35. The predicted molar refractivity (Wildman–Crippen MR) is 120 cm³/mol. The number of anilines is 2. The fraction of sp³-hybridized carbons (Fsp3) is 0.190. The molecule has 3 rings (SSSR count). The standard InChI is InChI=1S/C21H21N5O3S2/c1-15(13-27)23-19-11-20(25-21(24-19)30-14-17-5-3-2-4-6-17)26-31(28,29)18-9-7-16(12-22)8-10-18/h2-11,15,27H,13-14H2,1H3,(H2,23,24,25,26)/t15-/m1/s1. The summed E-state index contributed by atoms with van der Waals surface area (Å²) in [4.78, 5) is 8.77. The molecule has 3 N–H and O–H groups in total. The van der Waals surface area contributed by atoms with Crippen molar-refractivity contribution in [1.29, 1.82) is 5.26 Å². The molecule has 0 saturated carbocycles. The first-order valence-corrected chi connectivity index (χ1v) is 11.8. The highest BCUT2D eigenvalue weighted by Gasteiger charge is 2.17. The van der Waals surface area contributed by atoms with Gasteiger partial charge in [-0.05, 0) is 36.8 Å². The lowest BCUT2D eigenvalue weighted by atomic mass is 10.2. The average molecular weight is 456 g/mol. The minimum absolute atomic E-state index is 0.0156. The Bertz CT molecular complexity index is 1160. The van der Waals surface area contributed by atoms with Crippen LogP contribution in [0.5, 0.6) is 0 Å². The summed E-state index contributed by atoms with van der Waals surface area (Å²) in [6.07, 6.45) is 0. The summed E-state index contributed by atoms with van der Waals surface area (Å²) in [5.74, 6) is 1.11. The monoisotopic (exact) mass is 455 g/mol. The number of aliphatic hydroxyl groups excluding tert-OH is 1. The van der Waals surface area contributed by atoms with E-state index in [0.717, 1.165) is 5.56 Å². The summed E-state index contributed by atoms with van der Waals surface area (Å²) in [7, 11) is -3.91. The van der Waals surface area contributed by atoms with Crippen LogP contribution < -0.4 is 10.0 Å². The second-order valence-electron chi connectivity index (χ2n) is 6.66. The van der Waals surface area contributed by atoms with Crippen molar-refractivity contribution in [3.05, 3.63) is 71.8 Å². The van der Waals surface area contributed by atoms with E-state index in [1.165, 1.54) is 42.1 Å². The summed E-state index contributed by atoms with van der Waals surface area (Å²) >= 11 is 1.37. The van der Waals surface area contributed by atoms with Gasteiger partial charge < -0.3 is 10.4 Å². The Balaban J connectivity index is 1.86. The first-order chi connectivity index (χ1) is 14.9. The molecule has 0 aliphatic carbocycles. The number of nitriles is 1. The summed E-state index contributed by atoms with van der Waals surface area (Å²) in [6, 6.07) is 18.5. The fourth-order valence-electron chi connectivity index (χ4n) is 2.54. The van der Waals surface area contributed by atoms with Crippen LogP contribution in [0.2, 0.25) is 0 Å². The number of sulfonamides is 1. The van der Waals surface area contributed by atoms with Gasteiger partial charge >= 0.3 is 0 Å². The van der Waals surface area contributed by atoms with Crippen molar-refractivity contribution in [1.82, 2.24) is 9.97 Å². The molecule has 0 saturated heterocycles. The van der Waals surface area contributed by atoms with Crippen molar-refractivity contribution < 1.29 is 13.5 Å². The van der Waals surface area contributed by atoms with E-state index in [9.17, 15) is 13.5 Å². The Morgan fingerprint density at radius 2 is 1.77 bits per heavy atom. The van der Waals surface area contributed by atoms with Crippen LogP contribution in [0.1, 0.15) is 18.1 Å². The first-order valence-electron chi connectivity index (χ1n) is 9.36. The molecule has 0 fully saturated rings. The highest BCUT2D eigenvalue weighted by molar-refractivity contribution is 7.98. The van der Waals surface area contributed by atoms with Gasteiger partial charge in [0.05, 0.1) is 23.1 Å². The minimum Gasteiger partial charge on any atom is -0.394 e. The third-order valence-corrected chi connectivity index (χ3v) is 6.41. The number of nitrogens with one attached hydrogen (secondary N) is 2. The number of hydrogen-bond donors (Lipinski definition) is 3. The molecule has 10 heteroatoms. The van der Waals surface area contributed by atoms with Gasteiger partial charge in [0.2, 0.25) is 0 Å². The minimum atomic E-state index is -3.91. The molecule has 8 nitrogen and oxygen atoms in total. The molecule has 0 spiro atoms. The van der Waals surface area contributed by atoms with Crippen LogP contribution in [0, 0.1) is 11.3 Å². The third kappa shape index (κ3) is 6.42. The number of rotatable bonds is 9. The van der Waals surface area contributed by atoms with Gasteiger partial charge in [0, 0.05) is 17.9 Å². The number of aliphatic hydroxyl groups is 1. The number of hydrogen-bond acceptors (Lipinski definition) is 8. The molecule has 160 valence electrons. The molecule has 1 heterocycles. The summed E-state index contributed by atoms with van der Waals surface area (Å²) < 4.78 is 28.0. The van der Waals surface area contributed by atoms with E-state index in [2.05, 4.69) is 20.0 Å². The quantitative estimate of drug-likeness (QED) is 0.331. The lowest BCUT2D eigenvalue weighted by Crippen LogP contribution is -2.21. The molecule has 1 atom stereocenters. The smallest absolute Gasteiger partial charge is 0.263 e. The Morgan fingerprint density at radius 3 is 2.42 bits per heavy atom. The number of aromatic nitrogens is 2. The van der Waals surface area contributed by atoms with Gasteiger partial charge in [0.15, 0.2) is 5.16 Å². The van der Waals surface area contributed by atoms with Gasteiger partial charge in [-0.15, -0.1) is 0 Å². The predicted octanol–water partition coefficient (Wildman–Crippen LogP) is 3.23. The van der Waals surface area contributed by atoms with Crippen molar-refractivity contribution in [3.8, 4) is 6.07 Å². The largest absolute Gasteiger partial charge is 0.394 e. The zero-order valence-corrected chi connectivity index (χ0v) is 18.3. The van der Waals surface area contributed by atoms with Crippen LogP contribution in [0.25, 0.3) is 0 Å². The number of nitrogens with zero attached hydrogens (tertiary/aromatic N) is 3. The molecule has 0 aliphatic heterocycles. The third-order valence-electron chi connectivity index (χ3n) is 4.12. The van der Waals surface area contributed by atoms with Crippen LogP contribution >= 0.6 is 11.8 Å². The lowest BCUT2D eigenvalue weighted by molar-refractivity contribution is 0.281. The molecule has 1 aromatic heterocycles. The van der Waals surface area contributed by atoms with Crippen LogP contribution in [-0.4, -0.2) is 36.1 Å². The summed E-state index contributed by atoms with van der Waals surface area (Å²) in [6.45, 7) is 1.67. The SMILES string of the molecule is C[C@H](CO)Nc1cc(NS(=O)(=O)c2ccc(C#N)cc2)nc(SCc2ccccc2)n1. The van der Waals surface area contributed by atoms with E-state index in [4.69, 9.17) is 5.26 Å². The maximum Gasteiger partial charge on any atom is 0.263 e. The zero-order chi connectivity index (χ0) is 22.3. The maximum atomic E-state index is 12.8. The van der Waals surface area contributed by atoms with Gasteiger partial charge in [-0.1, -0.05) is 42.1 Å². The van der Waals surface area contributed by atoms with E-state index in [0.29, 0.717) is 22.3 Å². The second-order valence-corrected chi connectivity index (χ2v) is 9.29. The Hall–Kier alpha value is -3.13. The zero-order valence-electron chi connectivity index (χ0n) is 16.7. The molecule has 0 unspecified atom stereocenters. The Labute approximate surface area is 185 Å². The lowest BCUT2D eigenvalue weighted by Gasteiger charge is -2.14. The highest BCUT2D eigenvalue weighted by atomic mass is 32.2. The van der Waals surface area contributed by atoms with Gasteiger partial charge in [-0.3, -0.25) is 4.72 Å². The molecule has 0 bridgehead atoms. The van der Waals surface area contributed by atoms with Crippen LogP contribution in [0.3, 0.4) is 0 Å². The molecule has 2 aromatic carbocycles. The topological polar surface area (TPSA) is 128 Å². The molecule has 0 amide bonds. The molecular formula is C21H21N5O3S2.